The lowest BCUT2D eigenvalue weighted by atomic mass is 10.2. The molecule has 0 atom stereocenters. The van der Waals surface area contributed by atoms with Crippen LogP contribution in [0.15, 0.2) is 47.2 Å². The molecule has 1 N–H and O–H groups in total. The summed E-state index contributed by atoms with van der Waals surface area (Å²) in [6.45, 7) is 0.436. The van der Waals surface area contributed by atoms with E-state index in [9.17, 15) is 4.79 Å². The highest BCUT2D eigenvalue weighted by Crippen LogP contribution is 2.11. The molecule has 5 heteroatoms. The maximum absolute atomic E-state index is 11.9. The Bertz CT molecular complexity index is 574. The van der Waals surface area contributed by atoms with Crippen molar-refractivity contribution < 1.29 is 4.79 Å². The minimum atomic E-state index is -0.163. The molecule has 0 aliphatic rings. The Hall–Kier alpha value is -1.39. The van der Waals surface area contributed by atoms with Crippen LogP contribution < -0.4 is 5.32 Å². The third-order valence-electron chi connectivity index (χ3n) is 2.31. The first-order chi connectivity index (χ1) is 8.65. The van der Waals surface area contributed by atoms with Crippen molar-refractivity contribution in [2.75, 3.05) is 0 Å². The minimum absolute atomic E-state index is 0.163. The summed E-state index contributed by atoms with van der Waals surface area (Å²) >= 11 is 9.15. The van der Waals surface area contributed by atoms with E-state index in [4.69, 9.17) is 11.6 Å². The smallest absolute Gasteiger partial charge is 0.253 e. The number of benzene rings is 1. The topological polar surface area (TPSA) is 42.0 Å². The average Bonchev–Trinajstić information content (AvgIpc) is 2.36. The lowest BCUT2D eigenvalue weighted by Gasteiger charge is -2.05. The van der Waals surface area contributed by atoms with Crippen LogP contribution in [0.4, 0.5) is 0 Å². The average molecular weight is 326 g/mol. The largest absolute Gasteiger partial charge is 0.348 e. The third kappa shape index (κ3) is 3.55. The number of amides is 1. The molecular weight excluding hydrogens is 316 g/mol. The summed E-state index contributed by atoms with van der Waals surface area (Å²) in [6.07, 6.45) is 3.16. The van der Waals surface area contributed by atoms with Gasteiger partial charge in [0.1, 0.15) is 0 Å². The molecule has 0 spiro atoms. The monoisotopic (exact) mass is 324 g/mol. The number of pyridine rings is 1. The zero-order valence-corrected chi connectivity index (χ0v) is 11.7. The van der Waals surface area contributed by atoms with Gasteiger partial charge in [-0.15, -0.1) is 0 Å². The molecule has 0 aliphatic heterocycles. The number of carbonyl (C=O) groups excluding carboxylic acids is 1. The normalized spacial score (nSPS) is 10.1. The van der Waals surface area contributed by atoms with Gasteiger partial charge in [0.15, 0.2) is 0 Å². The molecule has 18 heavy (non-hydrogen) atoms. The van der Waals surface area contributed by atoms with E-state index >= 15 is 0 Å². The maximum Gasteiger partial charge on any atom is 0.253 e. The summed E-state index contributed by atoms with van der Waals surface area (Å²) in [5, 5.41) is 3.47. The van der Waals surface area contributed by atoms with Gasteiger partial charge in [0.05, 0.1) is 5.56 Å². The van der Waals surface area contributed by atoms with E-state index < -0.39 is 0 Å². The van der Waals surface area contributed by atoms with Gasteiger partial charge >= 0.3 is 0 Å². The van der Waals surface area contributed by atoms with E-state index in [1.54, 1.807) is 18.3 Å². The molecule has 2 aromatic rings. The van der Waals surface area contributed by atoms with E-state index in [1.807, 2.05) is 18.2 Å². The highest BCUT2D eigenvalue weighted by Gasteiger charge is 2.06. The van der Waals surface area contributed by atoms with Crippen molar-refractivity contribution in [3.05, 3.63) is 63.3 Å². The Kier molecular flexibility index (Phi) is 4.33. The molecule has 0 saturated heterocycles. The van der Waals surface area contributed by atoms with Gasteiger partial charge in [-0.1, -0.05) is 23.7 Å². The van der Waals surface area contributed by atoms with Gasteiger partial charge in [-0.05, 0) is 39.7 Å². The van der Waals surface area contributed by atoms with Crippen molar-refractivity contribution >= 4 is 33.4 Å². The van der Waals surface area contributed by atoms with Gasteiger partial charge in [-0.2, -0.15) is 0 Å². The molecule has 2 rings (SSSR count). The highest BCUT2D eigenvalue weighted by atomic mass is 79.9. The van der Waals surface area contributed by atoms with Gasteiger partial charge in [-0.3, -0.25) is 9.78 Å². The van der Waals surface area contributed by atoms with E-state index in [0.29, 0.717) is 17.1 Å². The van der Waals surface area contributed by atoms with Gasteiger partial charge in [0.25, 0.3) is 5.91 Å². The second kappa shape index (κ2) is 5.98. The highest BCUT2D eigenvalue weighted by molar-refractivity contribution is 9.10. The molecule has 0 aliphatic carbocycles. The molecular formula is C13H10BrClN2O. The summed E-state index contributed by atoms with van der Waals surface area (Å²) in [4.78, 5) is 15.8. The predicted molar refractivity (Wildman–Crippen MR) is 74.6 cm³/mol. The number of carbonyl (C=O) groups is 1. The standard InChI is InChI=1S/C13H10BrClN2O/c14-11-5-10(7-16-8-11)13(18)17-6-9-2-1-3-12(15)4-9/h1-5,7-8H,6H2,(H,17,18). The molecule has 0 fully saturated rings. The van der Waals surface area contributed by atoms with E-state index in [1.165, 1.54) is 6.20 Å². The van der Waals surface area contributed by atoms with Crippen LogP contribution in [0.25, 0.3) is 0 Å². The summed E-state index contributed by atoms with van der Waals surface area (Å²) in [5.74, 6) is -0.163. The van der Waals surface area contributed by atoms with Crippen LogP contribution in [0.1, 0.15) is 15.9 Å². The Morgan fingerprint density at radius 1 is 1.33 bits per heavy atom. The minimum Gasteiger partial charge on any atom is -0.348 e. The molecule has 0 bridgehead atoms. The summed E-state index contributed by atoms with van der Waals surface area (Å²) < 4.78 is 0.776. The van der Waals surface area contributed by atoms with Crippen LogP contribution in [-0.2, 0) is 6.54 Å². The van der Waals surface area contributed by atoms with Gasteiger partial charge < -0.3 is 5.32 Å². The van der Waals surface area contributed by atoms with Crippen molar-refractivity contribution in [1.29, 1.82) is 0 Å². The van der Waals surface area contributed by atoms with E-state index in [-0.39, 0.29) is 5.91 Å². The molecule has 0 unspecified atom stereocenters. The van der Waals surface area contributed by atoms with Crippen molar-refractivity contribution in [1.82, 2.24) is 10.3 Å². The summed E-state index contributed by atoms with van der Waals surface area (Å²) in [6, 6.07) is 9.10. The predicted octanol–water partition coefficient (Wildman–Crippen LogP) is 3.43. The van der Waals surface area contributed by atoms with Crippen molar-refractivity contribution in [3.63, 3.8) is 0 Å². The van der Waals surface area contributed by atoms with Crippen molar-refractivity contribution in [3.8, 4) is 0 Å². The Balaban J connectivity index is 2.00. The Morgan fingerprint density at radius 3 is 2.89 bits per heavy atom. The second-order valence-electron chi connectivity index (χ2n) is 3.70. The quantitative estimate of drug-likeness (QED) is 0.939. The second-order valence-corrected chi connectivity index (χ2v) is 5.06. The number of aromatic nitrogens is 1. The maximum atomic E-state index is 11.9. The van der Waals surface area contributed by atoms with E-state index in [0.717, 1.165) is 10.0 Å². The van der Waals surface area contributed by atoms with Crippen LogP contribution in [0, 0.1) is 0 Å². The number of nitrogens with zero attached hydrogens (tertiary/aromatic N) is 1. The molecule has 0 radical (unpaired) electrons. The molecule has 0 saturated carbocycles. The van der Waals surface area contributed by atoms with Gasteiger partial charge in [-0.25, -0.2) is 0 Å². The SMILES string of the molecule is O=C(NCc1cccc(Cl)c1)c1cncc(Br)c1. The lowest BCUT2D eigenvalue weighted by molar-refractivity contribution is 0.0950. The molecule has 1 aromatic heterocycles. The van der Waals surface area contributed by atoms with Crippen LogP contribution in [0.3, 0.4) is 0 Å². The zero-order chi connectivity index (χ0) is 13.0. The van der Waals surface area contributed by atoms with Gasteiger partial charge in [0, 0.05) is 28.4 Å². The Morgan fingerprint density at radius 2 is 2.17 bits per heavy atom. The fourth-order valence-corrected chi connectivity index (χ4v) is 2.05. The fraction of sp³-hybridized carbons (Fsp3) is 0.0769. The van der Waals surface area contributed by atoms with Gasteiger partial charge in [0.2, 0.25) is 0 Å². The first-order valence-corrected chi connectivity index (χ1v) is 6.45. The number of rotatable bonds is 3. The Labute approximate surface area is 118 Å². The number of nitrogens with one attached hydrogen (secondary N) is 1. The molecule has 1 amide bonds. The number of halogens is 2. The van der Waals surface area contributed by atoms with Crippen LogP contribution >= 0.6 is 27.5 Å². The molecule has 1 heterocycles. The summed E-state index contributed by atoms with van der Waals surface area (Å²) in [7, 11) is 0. The number of hydrogen-bond acceptors (Lipinski definition) is 2. The molecule has 1 aromatic carbocycles. The van der Waals surface area contributed by atoms with Crippen LogP contribution in [0.5, 0.6) is 0 Å². The van der Waals surface area contributed by atoms with Crippen molar-refractivity contribution in [2.45, 2.75) is 6.54 Å². The zero-order valence-electron chi connectivity index (χ0n) is 9.36. The van der Waals surface area contributed by atoms with E-state index in [2.05, 4.69) is 26.2 Å². The molecule has 3 nitrogen and oxygen atoms in total. The third-order valence-corrected chi connectivity index (χ3v) is 2.98. The number of hydrogen-bond donors (Lipinski definition) is 1. The van der Waals surface area contributed by atoms with Crippen LogP contribution in [-0.4, -0.2) is 10.9 Å². The van der Waals surface area contributed by atoms with Crippen molar-refractivity contribution in [2.24, 2.45) is 0 Å². The summed E-state index contributed by atoms with van der Waals surface area (Å²) in [5.41, 5.74) is 1.48. The lowest BCUT2D eigenvalue weighted by Crippen LogP contribution is -2.22. The molecule has 92 valence electrons. The fourth-order valence-electron chi connectivity index (χ4n) is 1.47. The first-order valence-electron chi connectivity index (χ1n) is 5.28. The van der Waals surface area contributed by atoms with Crippen LogP contribution in [0.2, 0.25) is 5.02 Å². The first kappa shape index (κ1) is 13.1.